The van der Waals surface area contributed by atoms with Crippen LogP contribution >= 0.6 is 0 Å². The largest absolute Gasteiger partial charge is 0.460 e. The van der Waals surface area contributed by atoms with Crippen molar-refractivity contribution >= 4 is 17.1 Å². The maximum atomic E-state index is 14.0. The van der Waals surface area contributed by atoms with E-state index in [-0.39, 0.29) is 24.2 Å². The van der Waals surface area contributed by atoms with Crippen LogP contribution in [-0.4, -0.2) is 44.0 Å². The number of carbonyl (C=O) groups is 1. The van der Waals surface area contributed by atoms with Crippen molar-refractivity contribution in [1.82, 2.24) is 18.7 Å². The van der Waals surface area contributed by atoms with E-state index in [1.807, 2.05) is 0 Å². The van der Waals surface area contributed by atoms with Gasteiger partial charge in [-0.3, -0.25) is 13.9 Å². The molecule has 0 aliphatic heterocycles. The third kappa shape index (κ3) is 4.75. The van der Waals surface area contributed by atoms with Crippen molar-refractivity contribution in [3.05, 3.63) is 63.1 Å². The van der Waals surface area contributed by atoms with Gasteiger partial charge in [-0.1, -0.05) is 30.3 Å². The van der Waals surface area contributed by atoms with Crippen LogP contribution in [0.5, 0.6) is 0 Å². The molecule has 0 N–H and O–H groups in total. The van der Waals surface area contributed by atoms with Gasteiger partial charge in [0.2, 0.25) is 0 Å². The van der Waals surface area contributed by atoms with E-state index in [0.717, 1.165) is 23.8 Å². The Bertz CT molecular complexity index is 1310. The van der Waals surface area contributed by atoms with Crippen molar-refractivity contribution in [2.75, 3.05) is 7.11 Å². The zero-order valence-electron chi connectivity index (χ0n) is 19.8. The standard InChI is InChI=1S/C23H27F3N4O5/c1-15(35-20(32)22(34-4,23(24,25)26)16-11-6-5-7-12-16)10-8-9-13-30-19(31)17-18(27-14-28(17)2)29(3)21(30)33/h5-7,11-12,14-15H,8-10,13H2,1-4H3/t15?,22-/m0/s1. The molecular weight excluding hydrogens is 469 g/mol. The molecular formula is C23H27F3N4O5. The van der Waals surface area contributed by atoms with Crippen LogP contribution in [0, 0.1) is 0 Å². The van der Waals surface area contributed by atoms with Gasteiger partial charge in [-0.15, -0.1) is 0 Å². The highest BCUT2D eigenvalue weighted by Crippen LogP contribution is 2.43. The van der Waals surface area contributed by atoms with Crippen molar-refractivity contribution in [3.8, 4) is 0 Å². The molecule has 35 heavy (non-hydrogen) atoms. The van der Waals surface area contributed by atoms with E-state index in [4.69, 9.17) is 9.47 Å². The Morgan fingerprint density at radius 3 is 2.37 bits per heavy atom. The van der Waals surface area contributed by atoms with Crippen LogP contribution in [0.15, 0.2) is 46.2 Å². The highest BCUT2D eigenvalue weighted by molar-refractivity contribution is 5.82. The zero-order valence-corrected chi connectivity index (χ0v) is 19.8. The summed E-state index contributed by atoms with van der Waals surface area (Å²) in [6.45, 7) is 1.58. The summed E-state index contributed by atoms with van der Waals surface area (Å²) in [5.41, 5.74) is -4.05. The second kappa shape index (κ2) is 10.1. The van der Waals surface area contributed by atoms with Crippen LogP contribution < -0.4 is 11.2 Å². The van der Waals surface area contributed by atoms with Gasteiger partial charge in [0, 0.05) is 33.3 Å². The average Bonchev–Trinajstić information content (AvgIpc) is 3.19. The first kappa shape index (κ1) is 26.2. The predicted octanol–water partition coefficient (Wildman–Crippen LogP) is 2.64. The maximum Gasteiger partial charge on any atom is 0.432 e. The predicted molar refractivity (Wildman–Crippen MR) is 121 cm³/mol. The van der Waals surface area contributed by atoms with E-state index in [1.165, 1.54) is 47.6 Å². The lowest BCUT2D eigenvalue weighted by atomic mass is 9.92. The van der Waals surface area contributed by atoms with Crippen LogP contribution in [0.2, 0.25) is 0 Å². The summed E-state index contributed by atoms with van der Waals surface area (Å²) >= 11 is 0. The third-order valence-electron chi connectivity index (χ3n) is 5.92. The van der Waals surface area contributed by atoms with Crippen LogP contribution in [0.3, 0.4) is 0 Å². The van der Waals surface area contributed by atoms with Crippen LogP contribution in [0.1, 0.15) is 31.7 Å². The first-order valence-corrected chi connectivity index (χ1v) is 10.9. The molecule has 2 aromatic heterocycles. The van der Waals surface area contributed by atoms with Gasteiger partial charge >= 0.3 is 17.8 Å². The lowest BCUT2D eigenvalue weighted by Crippen LogP contribution is -2.52. The molecule has 2 heterocycles. The van der Waals surface area contributed by atoms with Crippen LogP contribution in [-0.2, 0) is 40.5 Å². The van der Waals surface area contributed by atoms with Gasteiger partial charge in [-0.05, 0) is 26.2 Å². The van der Waals surface area contributed by atoms with Gasteiger partial charge in [0.1, 0.15) is 0 Å². The molecule has 0 fully saturated rings. The second-order valence-electron chi connectivity index (χ2n) is 8.29. The molecule has 2 atom stereocenters. The number of fused-ring (bicyclic) bond motifs is 1. The number of imidazole rings is 1. The second-order valence-corrected chi connectivity index (χ2v) is 8.29. The minimum absolute atomic E-state index is 0.0991. The highest BCUT2D eigenvalue weighted by Gasteiger charge is 2.64. The van der Waals surface area contributed by atoms with E-state index in [9.17, 15) is 27.6 Å². The Hall–Kier alpha value is -3.41. The van der Waals surface area contributed by atoms with Crippen molar-refractivity contribution in [2.45, 2.75) is 50.6 Å². The van der Waals surface area contributed by atoms with Crippen molar-refractivity contribution < 1.29 is 27.4 Å². The molecule has 0 spiro atoms. The fraction of sp³-hybridized carbons (Fsp3) is 0.478. The number of esters is 1. The highest BCUT2D eigenvalue weighted by atomic mass is 19.4. The monoisotopic (exact) mass is 496 g/mol. The number of aryl methyl sites for hydroxylation is 2. The fourth-order valence-electron chi connectivity index (χ4n) is 4.01. The molecule has 0 aliphatic rings. The summed E-state index contributed by atoms with van der Waals surface area (Å²) in [5, 5.41) is 0. The number of rotatable bonds is 9. The number of methoxy groups -OCH3 is 1. The number of ether oxygens (including phenoxy) is 2. The minimum atomic E-state index is -5.05. The molecule has 0 bridgehead atoms. The van der Waals surface area contributed by atoms with Gasteiger partial charge in [0.15, 0.2) is 11.2 Å². The molecule has 0 saturated heterocycles. The molecule has 0 aliphatic carbocycles. The lowest BCUT2D eigenvalue weighted by Gasteiger charge is -2.33. The van der Waals surface area contributed by atoms with Crippen molar-refractivity contribution in [2.24, 2.45) is 14.1 Å². The van der Waals surface area contributed by atoms with Gasteiger partial charge in [-0.2, -0.15) is 13.2 Å². The number of alkyl halides is 3. The van der Waals surface area contributed by atoms with Gasteiger partial charge < -0.3 is 14.0 Å². The smallest absolute Gasteiger partial charge is 0.432 e. The first-order valence-electron chi connectivity index (χ1n) is 10.9. The number of unbranched alkanes of at least 4 members (excludes halogenated alkanes) is 1. The summed E-state index contributed by atoms with van der Waals surface area (Å²) in [4.78, 5) is 42.0. The molecule has 0 amide bonds. The van der Waals surface area contributed by atoms with E-state index in [2.05, 4.69) is 4.98 Å². The topological polar surface area (TPSA) is 97.3 Å². The lowest BCUT2D eigenvalue weighted by molar-refractivity contribution is -0.278. The van der Waals surface area contributed by atoms with E-state index >= 15 is 0 Å². The average molecular weight is 496 g/mol. The Balaban J connectivity index is 1.67. The summed E-state index contributed by atoms with van der Waals surface area (Å²) < 4.78 is 55.7. The minimum Gasteiger partial charge on any atom is -0.460 e. The van der Waals surface area contributed by atoms with E-state index < -0.39 is 35.1 Å². The van der Waals surface area contributed by atoms with Crippen LogP contribution in [0.4, 0.5) is 13.2 Å². The number of nitrogens with zero attached hydrogens (tertiary/aromatic N) is 4. The number of benzene rings is 1. The number of halogens is 3. The zero-order chi connectivity index (χ0) is 26.0. The molecule has 3 rings (SSSR count). The molecule has 12 heteroatoms. The van der Waals surface area contributed by atoms with Gasteiger partial charge in [0.05, 0.1) is 12.4 Å². The normalized spacial score (nSPS) is 14.6. The Labute approximate surface area is 198 Å². The van der Waals surface area contributed by atoms with Crippen molar-refractivity contribution in [1.29, 1.82) is 0 Å². The Kier molecular flexibility index (Phi) is 7.53. The first-order chi connectivity index (χ1) is 16.5. The SMILES string of the molecule is CO[C@](C(=O)OC(C)CCCCn1c(=O)c2c(ncn2C)n(C)c1=O)(c1ccccc1)C(F)(F)F. The fourth-order valence-corrected chi connectivity index (χ4v) is 4.01. The van der Waals surface area contributed by atoms with Crippen molar-refractivity contribution in [3.63, 3.8) is 0 Å². The Morgan fingerprint density at radius 2 is 1.77 bits per heavy atom. The summed E-state index contributed by atoms with van der Waals surface area (Å²) in [7, 11) is 3.98. The molecule has 190 valence electrons. The molecule has 1 unspecified atom stereocenters. The summed E-state index contributed by atoms with van der Waals surface area (Å²) in [5.74, 6) is -1.56. The molecule has 1 aromatic carbocycles. The van der Waals surface area contributed by atoms with E-state index in [1.54, 1.807) is 7.05 Å². The number of hydrogen-bond acceptors (Lipinski definition) is 6. The number of hydrogen-bond donors (Lipinski definition) is 0. The Morgan fingerprint density at radius 1 is 1.11 bits per heavy atom. The van der Waals surface area contributed by atoms with Gasteiger partial charge in [-0.25, -0.2) is 14.6 Å². The molecule has 0 radical (unpaired) electrons. The number of aromatic nitrogens is 4. The number of carbonyl (C=O) groups excluding carboxylic acids is 1. The van der Waals surface area contributed by atoms with E-state index in [0.29, 0.717) is 18.4 Å². The van der Waals surface area contributed by atoms with Crippen LogP contribution in [0.25, 0.3) is 11.2 Å². The maximum absolute atomic E-state index is 14.0. The van der Waals surface area contributed by atoms with Gasteiger partial charge in [0.25, 0.3) is 11.2 Å². The summed E-state index contributed by atoms with van der Waals surface area (Å²) in [6, 6.07) is 6.58. The third-order valence-corrected chi connectivity index (χ3v) is 5.92. The quantitative estimate of drug-likeness (QED) is 0.334. The molecule has 9 nitrogen and oxygen atoms in total. The molecule has 3 aromatic rings. The summed E-state index contributed by atoms with van der Waals surface area (Å²) in [6.07, 6.45) is -3.48. The molecule has 0 saturated carbocycles.